The van der Waals surface area contributed by atoms with Gasteiger partial charge < -0.3 is 14.6 Å². The Labute approximate surface area is 118 Å². The van der Waals surface area contributed by atoms with E-state index in [1.165, 1.54) is 0 Å². The van der Waals surface area contributed by atoms with E-state index in [2.05, 4.69) is 13.8 Å². The van der Waals surface area contributed by atoms with Crippen LogP contribution in [0, 0.1) is 5.92 Å². The fourth-order valence-corrected chi connectivity index (χ4v) is 3.38. The predicted molar refractivity (Wildman–Crippen MR) is 74.2 cm³/mol. The van der Waals surface area contributed by atoms with E-state index in [9.17, 15) is 9.90 Å². The molecule has 3 atom stereocenters. The molecule has 1 N–H and O–H groups in total. The fourth-order valence-electron chi connectivity index (χ4n) is 3.38. The first kappa shape index (κ1) is 13.4. The standard InChI is InChI=1S/C16H20O4/c1-9-4-6-11-15(19-9)13-12(20-16(11,2)3)7-5-10(8-17)14(13)18/h5,7-9,11,15,18H,4,6H2,1-3H3/t9-,11-,15-/m1/s1. The maximum Gasteiger partial charge on any atom is 0.153 e. The van der Waals surface area contributed by atoms with Gasteiger partial charge >= 0.3 is 0 Å². The third-order valence-electron chi connectivity index (χ3n) is 4.51. The van der Waals surface area contributed by atoms with Gasteiger partial charge in [-0.15, -0.1) is 0 Å². The Kier molecular flexibility index (Phi) is 3.01. The van der Waals surface area contributed by atoms with Gasteiger partial charge in [-0.3, -0.25) is 4.79 Å². The first-order valence-corrected chi connectivity index (χ1v) is 7.09. The number of ether oxygens (including phenoxy) is 2. The summed E-state index contributed by atoms with van der Waals surface area (Å²) in [6.07, 6.45) is 2.58. The molecule has 3 rings (SSSR count). The van der Waals surface area contributed by atoms with Gasteiger partial charge in [-0.1, -0.05) is 0 Å². The maximum atomic E-state index is 11.0. The van der Waals surface area contributed by atoms with Crippen molar-refractivity contribution in [3.8, 4) is 11.5 Å². The molecule has 0 saturated carbocycles. The maximum absolute atomic E-state index is 11.0. The lowest BCUT2D eigenvalue weighted by Gasteiger charge is -2.48. The van der Waals surface area contributed by atoms with Crippen LogP contribution in [-0.2, 0) is 4.74 Å². The molecule has 4 nitrogen and oxygen atoms in total. The number of hydrogen-bond acceptors (Lipinski definition) is 4. The molecule has 4 heteroatoms. The van der Waals surface area contributed by atoms with Crippen molar-refractivity contribution in [1.82, 2.24) is 0 Å². The molecule has 0 bridgehead atoms. The van der Waals surface area contributed by atoms with Crippen LogP contribution in [0.5, 0.6) is 11.5 Å². The zero-order valence-corrected chi connectivity index (χ0v) is 12.1. The van der Waals surface area contributed by atoms with E-state index >= 15 is 0 Å². The fraction of sp³-hybridized carbons (Fsp3) is 0.562. The van der Waals surface area contributed by atoms with Gasteiger partial charge in [0.25, 0.3) is 0 Å². The highest BCUT2D eigenvalue weighted by molar-refractivity contribution is 5.81. The second kappa shape index (κ2) is 4.48. The van der Waals surface area contributed by atoms with Crippen LogP contribution in [-0.4, -0.2) is 23.1 Å². The molecule has 0 aromatic heterocycles. The van der Waals surface area contributed by atoms with E-state index in [4.69, 9.17) is 9.47 Å². The summed E-state index contributed by atoms with van der Waals surface area (Å²) in [5, 5.41) is 10.3. The molecule has 20 heavy (non-hydrogen) atoms. The number of rotatable bonds is 1. The predicted octanol–water partition coefficient (Wildman–Crippen LogP) is 3.23. The molecule has 0 spiro atoms. The highest BCUT2D eigenvalue weighted by Gasteiger charge is 2.48. The number of carbonyl (C=O) groups excluding carboxylic acids is 1. The topological polar surface area (TPSA) is 55.8 Å². The first-order valence-electron chi connectivity index (χ1n) is 7.09. The summed E-state index contributed by atoms with van der Waals surface area (Å²) in [4.78, 5) is 11.0. The largest absolute Gasteiger partial charge is 0.507 e. The molecule has 1 saturated heterocycles. The lowest BCUT2D eigenvalue weighted by molar-refractivity contribution is -0.145. The Morgan fingerprint density at radius 2 is 2.10 bits per heavy atom. The number of phenolic OH excluding ortho intramolecular Hbond substituents is 1. The number of aldehydes is 1. The van der Waals surface area contributed by atoms with E-state index in [-0.39, 0.29) is 35.0 Å². The van der Waals surface area contributed by atoms with E-state index in [1.54, 1.807) is 12.1 Å². The molecule has 1 aromatic carbocycles. The number of benzene rings is 1. The number of phenols is 1. The molecular weight excluding hydrogens is 256 g/mol. The minimum absolute atomic E-state index is 0.00269. The minimum Gasteiger partial charge on any atom is -0.507 e. The monoisotopic (exact) mass is 276 g/mol. The Bertz CT molecular complexity index is 550. The average Bonchev–Trinajstić information content (AvgIpc) is 2.37. The second-order valence-electron chi connectivity index (χ2n) is 6.29. The van der Waals surface area contributed by atoms with E-state index in [0.29, 0.717) is 17.6 Å². The van der Waals surface area contributed by atoms with Gasteiger partial charge in [0.05, 0.1) is 23.3 Å². The smallest absolute Gasteiger partial charge is 0.153 e. The van der Waals surface area contributed by atoms with Gasteiger partial charge in [0.1, 0.15) is 17.1 Å². The van der Waals surface area contributed by atoms with Crippen LogP contribution in [0.15, 0.2) is 12.1 Å². The molecule has 108 valence electrons. The van der Waals surface area contributed by atoms with E-state index < -0.39 is 0 Å². The molecular formula is C16H20O4. The number of aromatic hydroxyl groups is 1. The molecule has 0 aliphatic carbocycles. The normalized spacial score (nSPS) is 30.9. The third kappa shape index (κ3) is 1.90. The van der Waals surface area contributed by atoms with Crippen LogP contribution in [0.3, 0.4) is 0 Å². The van der Waals surface area contributed by atoms with Crippen LogP contribution in [0.25, 0.3) is 0 Å². The van der Waals surface area contributed by atoms with Crippen molar-refractivity contribution in [2.75, 3.05) is 0 Å². The van der Waals surface area contributed by atoms with Gasteiger partial charge in [-0.25, -0.2) is 0 Å². The molecule has 1 fully saturated rings. The summed E-state index contributed by atoms with van der Waals surface area (Å²) in [6, 6.07) is 3.34. The molecule has 1 aromatic rings. The highest BCUT2D eigenvalue weighted by atomic mass is 16.5. The lowest BCUT2D eigenvalue weighted by Crippen LogP contribution is -2.48. The van der Waals surface area contributed by atoms with Gasteiger partial charge in [0.2, 0.25) is 0 Å². The summed E-state index contributed by atoms with van der Waals surface area (Å²) in [7, 11) is 0. The van der Waals surface area contributed by atoms with Crippen molar-refractivity contribution in [2.24, 2.45) is 5.92 Å². The molecule has 0 amide bonds. The van der Waals surface area contributed by atoms with Crippen molar-refractivity contribution in [2.45, 2.75) is 51.4 Å². The zero-order chi connectivity index (χ0) is 14.5. The van der Waals surface area contributed by atoms with Crippen LogP contribution in [0.4, 0.5) is 0 Å². The van der Waals surface area contributed by atoms with Crippen molar-refractivity contribution in [3.05, 3.63) is 23.3 Å². The Balaban J connectivity index is 2.15. The Hall–Kier alpha value is -1.55. The van der Waals surface area contributed by atoms with E-state index in [0.717, 1.165) is 12.8 Å². The summed E-state index contributed by atoms with van der Waals surface area (Å²) in [5.74, 6) is 0.796. The molecule has 2 aliphatic rings. The van der Waals surface area contributed by atoms with Crippen molar-refractivity contribution in [1.29, 1.82) is 0 Å². The summed E-state index contributed by atoms with van der Waals surface area (Å²) in [5.41, 5.74) is 0.575. The molecule has 0 radical (unpaired) electrons. The minimum atomic E-state index is -0.340. The lowest BCUT2D eigenvalue weighted by atomic mass is 9.75. The van der Waals surface area contributed by atoms with Crippen molar-refractivity contribution < 1.29 is 19.4 Å². The van der Waals surface area contributed by atoms with Crippen LogP contribution >= 0.6 is 0 Å². The molecule has 0 unspecified atom stereocenters. The Morgan fingerprint density at radius 3 is 2.80 bits per heavy atom. The first-order chi connectivity index (χ1) is 9.44. The Morgan fingerprint density at radius 1 is 1.35 bits per heavy atom. The summed E-state index contributed by atoms with van der Waals surface area (Å²) >= 11 is 0. The zero-order valence-electron chi connectivity index (χ0n) is 12.1. The van der Waals surface area contributed by atoms with Crippen LogP contribution in [0.2, 0.25) is 0 Å². The molecule has 2 heterocycles. The van der Waals surface area contributed by atoms with E-state index in [1.807, 2.05) is 6.92 Å². The SMILES string of the molecule is C[C@@H]1CC[C@@H]2[C@@H](O1)c1c(ccc(C=O)c1O)OC2(C)C. The molecule has 2 aliphatic heterocycles. The number of fused-ring (bicyclic) bond motifs is 3. The van der Waals surface area contributed by atoms with Crippen LogP contribution in [0.1, 0.15) is 55.6 Å². The quantitative estimate of drug-likeness (QED) is 0.800. The number of hydrogen-bond donors (Lipinski definition) is 1. The average molecular weight is 276 g/mol. The number of carbonyl (C=O) groups is 1. The van der Waals surface area contributed by atoms with Gasteiger partial charge in [0, 0.05) is 5.92 Å². The summed E-state index contributed by atoms with van der Waals surface area (Å²) in [6.45, 7) is 6.15. The second-order valence-corrected chi connectivity index (χ2v) is 6.29. The van der Waals surface area contributed by atoms with Crippen molar-refractivity contribution in [3.63, 3.8) is 0 Å². The summed E-state index contributed by atoms with van der Waals surface area (Å²) < 4.78 is 12.1. The van der Waals surface area contributed by atoms with Gasteiger partial charge in [0.15, 0.2) is 6.29 Å². The highest BCUT2D eigenvalue weighted by Crippen LogP contribution is 2.53. The van der Waals surface area contributed by atoms with Crippen LogP contribution < -0.4 is 4.74 Å². The van der Waals surface area contributed by atoms with Gasteiger partial charge in [-0.2, -0.15) is 0 Å². The third-order valence-corrected chi connectivity index (χ3v) is 4.51. The van der Waals surface area contributed by atoms with Gasteiger partial charge in [-0.05, 0) is 45.7 Å². The van der Waals surface area contributed by atoms with Crippen molar-refractivity contribution >= 4 is 6.29 Å².